The molecule has 0 spiro atoms. The van der Waals surface area contributed by atoms with Crippen molar-refractivity contribution in [1.29, 1.82) is 0 Å². The number of nitrogens with two attached hydrogens (primary N) is 1. The van der Waals surface area contributed by atoms with E-state index in [4.69, 9.17) is 17.3 Å². The SMILES string of the molecule is NCC(c1ccc(Cl)cc1)C1(CO)CCCC1. The molecule has 2 rings (SSSR count). The third kappa shape index (κ3) is 2.49. The summed E-state index contributed by atoms with van der Waals surface area (Å²) in [5.74, 6) is 0.243. The highest BCUT2D eigenvalue weighted by atomic mass is 35.5. The molecular formula is C14H20ClNO. The molecule has 0 saturated heterocycles. The average molecular weight is 254 g/mol. The minimum atomic E-state index is -0.0113. The maximum atomic E-state index is 9.75. The summed E-state index contributed by atoms with van der Waals surface area (Å²) in [6.07, 6.45) is 4.55. The van der Waals surface area contributed by atoms with Gasteiger partial charge in [-0.2, -0.15) is 0 Å². The number of benzene rings is 1. The van der Waals surface area contributed by atoms with Gasteiger partial charge in [-0.15, -0.1) is 0 Å². The van der Waals surface area contributed by atoms with Crippen molar-refractivity contribution in [1.82, 2.24) is 0 Å². The molecule has 1 fully saturated rings. The van der Waals surface area contributed by atoms with Crippen molar-refractivity contribution in [3.63, 3.8) is 0 Å². The van der Waals surface area contributed by atoms with Gasteiger partial charge in [0.15, 0.2) is 0 Å². The molecule has 1 aromatic carbocycles. The highest BCUT2D eigenvalue weighted by Gasteiger charge is 2.40. The quantitative estimate of drug-likeness (QED) is 0.867. The first kappa shape index (κ1) is 12.9. The van der Waals surface area contributed by atoms with Crippen molar-refractivity contribution in [3.8, 4) is 0 Å². The zero-order valence-electron chi connectivity index (χ0n) is 10.0. The summed E-state index contributed by atoms with van der Waals surface area (Å²) in [5, 5.41) is 10.5. The zero-order valence-corrected chi connectivity index (χ0v) is 10.8. The second kappa shape index (κ2) is 5.38. The molecule has 2 nitrogen and oxygen atoms in total. The van der Waals surface area contributed by atoms with E-state index in [1.807, 2.05) is 24.3 Å². The Kier molecular flexibility index (Phi) is 4.08. The smallest absolute Gasteiger partial charge is 0.0493 e. The predicted molar refractivity (Wildman–Crippen MR) is 71.2 cm³/mol. The molecular weight excluding hydrogens is 234 g/mol. The molecule has 1 atom stereocenters. The molecule has 1 aliphatic rings. The monoisotopic (exact) mass is 253 g/mol. The van der Waals surface area contributed by atoms with E-state index in [0.717, 1.165) is 17.9 Å². The first-order chi connectivity index (χ1) is 8.22. The van der Waals surface area contributed by atoms with Crippen molar-refractivity contribution in [2.45, 2.75) is 31.6 Å². The Labute approximate surface area is 108 Å². The van der Waals surface area contributed by atoms with Crippen molar-refractivity contribution in [3.05, 3.63) is 34.9 Å². The molecule has 0 aliphatic heterocycles. The van der Waals surface area contributed by atoms with E-state index >= 15 is 0 Å². The fourth-order valence-corrected chi connectivity index (χ4v) is 3.26. The van der Waals surface area contributed by atoms with E-state index in [9.17, 15) is 5.11 Å². The minimum Gasteiger partial charge on any atom is -0.396 e. The van der Waals surface area contributed by atoms with Crippen LogP contribution in [0.2, 0.25) is 5.02 Å². The van der Waals surface area contributed by atoms with Gasteiger partial charge in [0.1, 0.15) is 0 Å². The minimum absolute atomic E-state index is 0.0113. The molecule has 1 saturated carbocycles. The maximum absolute atomic E-state index is 9.75. The van der Waals surface area contributed by atoms with Crippen molar-refractivity contribution < 1.29 is 5.11 Å². The van der Waals surface area contributed by atoms with Gasteiger partial charge in [-0.3, -0.25) is 0 Å². The molecule has 1 aliphatic carbocycles. The first-order valence-corrected chi connectivity index (χ1v) is 6.66. The van der Waals surface area contributed by atoms with Gasteiger partial charge < -0.3 is 10.8 Å². The molecule has 0 bridgehead atoms. The lowest BCUT2D eigenvalue weighted by Gasteiger charge is -2.35. The summed E-state index contributed by atoms with van der Waals surface area (Å²) in [6.45, 7) is 0.819. The van der Waals surface area contributed by atoms with Gasteiger partial charge >= 0.3 is 0 Å². The number of halogens is 1. The maximum Gasteiger partial charge on any atom is 0.0493 e. The van der Waals surface area contributed by atoms with E-state index in [0.29, 0.717) is 6.54 Å². The Morgan fingerprint density at radius 1 is 1.24 bits per heavy atom. The molecule has 3 heteroatoms. The third-order valence-electron chi connectivity index (χ3n) is 4.16. The van der Waals surface area contributed by atoms with E-state index in [2.05, 4.69) is 0 Å². The van der Waals surface area contributed by atoms with Gasteiger partial charge in [-0.25, -0.2) is 0 Å². The number of aliphatic hydroxyl groups excluding tert-OH is 1. The number of rotatable bonds is 4. The molecule has 17 heavy (non-hydrogen) atoms. The Balaban J connectivity index is 2.28. The van der Waals surface area contributed by atoms with Crippen LogP contribution in [0.15, 0.2) is 24.3 Å². The van der Waals surface area contributed by atoms with E-state index in [1.54, 1.807) is 0 Å². The Morgan fingerprint density at radius 3 is 2.29 bits per heavy atom. The second-order valence-corrected chi connectivity index (χ2v) is 5.50. The van der Waals surface area contributed by atoms with Crippen molar-refractivity contribution in [2.24, 2.45) is 11.1 Å². The fraction of sp³-hybridized carbons (Fsp3) is 0.571. The molecule has 0 radical (unpaired) electrons. The summed E-state index contributed by atoms with van der Waals surface area (Å²) in [4.78, 5) is 0. The molecule has 0 amide bonds. The Bertz CT molecular complexity index is 357. The molecule has 0 aromatic heterocycles. The van der Waals surface area contributed by atoms with Crippen LogP contribution < -0.4 is 5.73 Å². The lowest BCUT2D eigenvalue weighted by molar-refractivity contribution is 0.103. The summed E-state index contributed by atoms with van der Waals surface area (Å²) in [5.41, 5.74) is 7.13. The van der Waals surface area contributed by atoms with Crippen molar-refractivity contribution >= 4 is 11.6 Å². The largest absolute Gasteiger partial charge is 0.396 e. The van der Waals surface area contributed by atoms with Crippen LogP contribution in [0.3, 0.4) is 0 Å². The van der Waals surface area contributed by atoms with Gasteiger partial charge in [-0.05, 0) is 37.1 Å². The van der Waals surface area contributed by atoms with Crippen LogP contribution in [0.1, 0.15) is 37.2 Å². The molecule has 0 heterocycles. The van der Waals surface area contributed by atoms with E-state index in [-0.39, 0.29) is 17.9 Å². The molecule has 94 valence electrons. The van der Waals surface area contributed by atoms with Gasteiger partial charge in [0, 0.05) is 23.0 Å². The normalized spacial score (nSPS) is 20.4. The fourth-order valence-electron chi connectivity index (χ4n) is 3.13. The highest BCUT2D eigenvalue weighted by molar-refractivity contribution is 6.30. The summed E-state index contributed by atoms with van der Waals surface area (Å²) < 4.78 is 0. The predicted octanol–water partition coefficient (Wildman–Crippen LogP) is 2.94. The van der Waals surface area contributed by atoms with Crippen molar-refractivity contribution in [2.75, 3.05) is 13.2 Å². The van der Waals surface area contributed by atoms with Crippen LogP contribution in [0.25, 0.3) is 0 Å². The number of hydrogen-bond acceptors (Lipinski definition) is 2. The van der Waals surface area contributed by atoms with Gasteiger partial charge in [0.2, 0.25) is 0 Å². The molecule has 3 N–H and O–H groups in total. The molecule has 1 unspecified atom stereocenters. The number of aliphatic hydroxyl groups is 1. The van der Waals surface area contributed by atoms with E-state index < -0.39 is 0 Å². The average Bonchev–Trinajstić information content (AvgIpc) is 2.82. The number of hydrogen-bond donors (Lipinski definition) is 2. The van der Waals surface area contributed by atoms with Crippen LogP contribution in [0, 0.1) is 5.41 Å². The standard InChI is InChI=1S/C14H20ClNO/c15-12-5-3-11(4-6-12)13(9-16)14(10-17)7-1-2-8-14/h3-6,13,17H,1-2,7-10,16H2. The Morgan fingerprint density at radius 2 is 1.82 bits per heavy atom. The highest BCUT2D eigenvalue weighted by Crippen LogP contribution is 2.48. The topological polar surface area (TPSA) is 46.2 Å². The van der Waals surface area contributed by atoms with Crippen LogP contribution >= 0.6 is 11.6 Å². The van der Waals surface area contributed by atoms with Crippen LogP contribution in [-0.4, -0.2) is 18.3 Å². The lowest BCUT2D eigenvalue weighted by Crippen LogP contribution is -2.34. The summed E-state index contributed by atoms with van der Waals surface area (Å²) >= 11 is 5.91. The zero-order chi connectivity index (χ0) is 12.3. The first-order valence-electron chi connectivity index (χ1n) is 6.28. The van der Waals surface area contributed by atoms with Gasteiger partial charge in [0.05, 0.1) is 0 Å². The van der Waals surface area contributed by atoms with Crippen LogP contribution in [0.4, 0.5) is 0 Å². The summed E-state index contributed by atoms with van der Waals surface area (Å²) in [7, 11) is 0. The third-order valence-corrected chi connectivity index (χ3v) is 4.41. The molecule has 1 aromatic rings. The Hall–Kier alpha value is -0.570. The van der Waals surface area contributed by atoms with Gasteiger partial charge in [-0.1, -0.05) is 36.6 Å². The van der Waals surface area contributed by atoms with Gasteiger partial charge in [0.25, 0.3) is 0 Å². The van der Waals surface area contributed by atoms with Crippen LogP contribution in [-0.2, 0) is 0 Å². The summed E-state index contributed by atoms with van der Waals surface area (Å²) in [6, 6.07) is 7.88. The second-order valence-electron chi connectivity index (χ2n) is 5.07. The van der Waals surface area contributed by atoms with Crippen LogP contribution in [0.5, 0.6) is 0 Å². The lowest BCUT2D eigenvalue weighted by atomic mass is 9.71. The van der Waals surface area contributed by atoms with E-state index in [1.165, 1.54) is 18.4 Å².